The van der Waals surface area contributed by atoms with E-state index in [9.17, 15) is 4.79 Å². The van der Waals surface area contributed by atoms with Gasteiger partial charge in [0.1, 0.15) is 10.8 Å². The molecule has 2 heterocycles. The monoisotopic (exact) mass is 433 g/mol. The molecule has 1 aromatic carbocycles. The molecule has 29 heavy (non-hydrogen) atoms. The van der Waals surface area contributed by atoms with Crippen LogP contribution in [0.4, 0.5) is 0 Å². The van der Waals surface area contributed by atoms with Crippen molar-refractivity contribution in [3.05, 3.63) is 51.8 Å². The van der Waals surface area contributed by atoms with Crippen LogP contribution >= 0.6 is 23.2 Å². The molecule has 6 nitrogen and oxygen atoms in total. The van der Waals surface area contributed by atoms with E-state index in [1.807, 2.05) is 45.9 Å². The van der Waals surface area contributed by atoms with Crippen molar-refractivity contribution in [2.24, 2.45) is 0 Å². The number of aromatic nitrogens is 3. The number of aryl methyl sites for hydroxylation is 2. The van der Waals surface area contributed by atoms with Crippen molar-refractivity contribution in [3.63, 3.8) is 0 Å². The van der Waals surface area contributed by atoms with Crippen LogP contribution in [-0.2, 0) is 16.0 Å². The van der Waals surface area contributed by atoms with Crippen LogP contribution in [0.2, 0.25) is 10.2 Å². The largest absolute Gasteiger partial charge is 0.460 e. The number of pyridine rings is 1. The topological polar surface area (TPSA) is 78.1 Å². The normalized spacial score (nSPS) is 11.5. The highest BCUT2D eigenvalue weighted by Crippen LogP contribution is 2.28. The lowest BCUT2D eigenvalue weighted by Crippen LogP contribution is -2.24. The van der Waals surface area contributed by atoms with Gasteiger partial charge in [-0.25, -0.2) is 4.98 Å². The summed E-state index contributed by atoms with van der Waals surface area (Å²) in [6, 6.07) is 7.50. The SMILES string of the molecule is Cc1cc(CCC(=O)OC(C)(C)C)ccc1-c1noc(-c2cnc(Cl)c(Cl)c2)n1. The number of ether oxygens (including phenoxy) is 1. The second-order valence-corrected chi connectivity index (χ2v) is 8.42. The van der Waals surface area contributed by atoms with Gasteiger partial charge in [-0.15, -0.1) is 0 Å². The first-order valence-corrected chi connectivity index (χ1v) is 9.85. The van der Waals surface area contributed by atoms with Crippen LogP contribution in [0.1, 0.15) is 38.3 Å². The number of hydrogen-bond donors (Lipinski definition) is 0. The molecule has 0 amide bonds. The molecule has 0 radical (unpaired) electrons. The van der Waals surface area contributed by atoms with Gasteiger partial charge in [0.05, 0.1) is 10.6 Å². The molecule has 0 aliphatic rings. The van der Waals surface area contributed by atoms with E-state index in [1.165, 1.54) is 6.20 Å². The Morgan fingerprint density at radius 1 is 1.21 bits per heavy atom. The number of nitrogens with zero attached hydrogens (tertiary/aromatic N) is 3. The fourth-order valence-corrected chi connectivity index (χ4v) is 3.03. The summed E-state index contributed by atoms with van der Waals surface area (Å²) in [7, 11) is 0. The lowest BCUT2D eigenvalue weighted by Gasteiger charge is -2.19. The highest BCUT2D eigenvalue weighted by Gasteiger charge is 2.17. The van der Waals surface area contributed by atoms with Gasteiger partial charge in [0.15, 0.2) is 0 Å². The van der Waals surface area contributed by atoms with Gasteiger partial charge in [0.25, 0.3) is 5.89 Å². The molecule has 0 saturated carbocycles. The predicted molar refractivity (Wildman–Crippen MR) is 112 cm³/mol. The van der Waals surface area contributed by atoms with E-state index < -0.39 is 5.60 Å². The smallest absolute Gasteiger partial charge is 0.306 e. The number of hydrogen-bond acceptors (Lipinski definition) is 6. The maximum Gasteiger partial charge on any atom is 0.306 e. The van der Waals surface area contributed by atoms with Gasteiger partial charge in [0, 0.05) is 18.2 Å². The van der Waals surface area contributed by atoms with Crippen molar-refractivity contribution in [2.45, 2.75) is 46.1 Å². The van der Waals surface area contributed by atoms with Gasteiger partial charge >= 0.3 is 5.97 Å². The third kappa shape index (κ3) is 5.55. The Morgan fingerprint density at radius 3 is 2.62 bits per heavy atom. The maximum absolute atomic E-state index is 11.9. The summed E-state index contributed by atoms with van der Waals surface area (Å²) in [5.41, 5.74) is 2.97. The predicted octanol–water partition coefficient (Wildman–Crippen LogP) is 5.69. The van der Waals surface area contributed by atoms with Crippen molar-refractivity contribution >= 4 is 29.2 Å². The van der Waals surface area contributed by atoms with Crippen molar-refractivity contribution < 1.29 is 14.1 Å². The molecule has 0 aliphatic heterocycles. The third-order valence-electron chi connectivity index (χ3n) is 4.04. The molecule has 2 aromatic heterocycles. The summed E-state index contributed by atoms with van der Waals surface area (Å²) in [6.45, 7) is 7.54. The molecule has 0 aliphatic carbocycles. The number of esters is 1. The number of carbonyl (C=O) groups is 1. The van der Waals surface area contributed by atoms with Gasteiger partial charge in [-0.1, -0.05) is 46.6 Å². The summed E-state index contributed by atoms with van der Waals surface area (Å²) >= 11 is 11.8. The summed E-state index contributed by atoms with van der Waals surface area (Å²) in [4.78, 5) is 20.3. The van der Waals surface area contributed by atoms with Crippen LogP contribution in [0, 0.1) is 6.92 Å². The molecule has 0 atom stereocenters. The fraction of sp³-hybridized carbons (Fsp3) is 0.333. The van der Waals surface area contributed by atoms with Crippen molar-refractivity contribution in [1.82, 2.24) is 15.1 Å². The van der Waals surface area contributed by atoms with Crippen LogP contribution in [0.5, 0.6) is 0 Å². The van der Waals surface area contributed by atoms with Crippen molar-refractivity contribution in [3.8, 4) is 22.8 Å². The zero-order chi connectivity index (χ0) is 21.2. The Labute approximate surface area is 179 Å². The van der Waals surface area contributed by atoms with E-state index >= 15 is 0 Å². The molecule has 0 saturated heterocycles. The van der Waals surface area contributed by atoms with Crippen LogP contribution < -0.4 is 0 Å². The van der Waals surface area contributed by atoms with Gasteiger partial charge in [-0.3, -0.25) is 4.79 Å². The third-order valence-corrected chi connectivity index (χ3v) is 4.72. The van der Waals surface area contributed by atoms with Gasteiger partial charge < -0.3 is 9.26 Å². The molecular weight excluding hydrogens is 413 g/mol. The number of benzene rings is 1. The minimum absolute atomic E-state index is 0.211. The standard InChI is InChI=1S/C21H21Cl2N3O3/c1-12-9-13(6-8-17(27)28-21(2,3)4)5-7-15(12)19-25-20(29-26-19)14-10-16(22)18(23)24-11-14/h5,7,9-11H,6,8H2,1-4H3. The van der Waals surface area contributed by atoms with Crippen molar-refractivity contribution in [2.75, 3.05) is 0 Å². The van der Waals surface area contributed by atoms with E-state index in [-0.39, 0.29) is 11.1 Å². The summed E-state index contributed by atoms with van der Waals surface area (Å²) in [6.07, 6.45) is 2.45. The minimum Gasteiger partial charge on any atom is -0.460 e. The molecule has 0 unspecified atom stereocenters. The highest BCUT2D eigenvalue weighted by molar-refractivity contribution is 6.41. The molecule has 0 N–H and O–H groups in total. The molecule has 0 fully saturated rings. The Hall–Kier alpha value is -2.44. The van der Waals surface area contributed by atoms with Crippen LogP contribution in [-0.4, -0.2) is 26.7 Å². The van der Waals surface area contributed by atoms with Gasteiger partial charge in [0.2, 0.25) is 5.82 Å². The van der Waals surface area contributed by atoms with Crippen LogP contribution in [0.3, 0.4) is 0 Å². The lowest BCUT2D eigenvalue weighted by atomic mass is 10.0. The number of carbonyl (C=O) groups excluding carboxylic acids is 1. The zero-order valence-corrected chi connectivity index (χ0v) is 18.1. The molecule has 3 rings (SSSR count). The van der Waals surface area contributed by atoms with Crippen LogP contribution in [0.15, 0.2) is 35.0 Å². The summed E-state index contributed by atoms with van der Waals surface area (Å²) in [5, 5.41) is 4.59. The van der Waals surface area contributed by atoms with Crippen LogP contribution in [0.25, 0.3) is 22.8 Å². The fourth-order valence-electron chi connectivity index (χ4n) is 2.76. The molecular formula is C21H21Cl2N3O3. The van der Waals surface area contributed by atoms with E-state index in [0.29, 0.717) is 35.1 Å². The quantitative estimate of drug-likeness (QED) is 0.379. The Morgan fingerprint density at radius 2 is 1.97 bits per heavy atom. The zero-order valence-electron chi connectivity index (χ0n) is 16.6. The molecule has 0 bridgehead atoms. The molecule has 0 spiro atoms. The number of rotatable bonds is 5. The first-order valence-electron chi connectivity index (χ1n) is 9.09. The maximum atomic E-state index is 11.9. The van der Waals surface area contributed by atoms with E-state index in [4.69, 9.17) is 32.5 Å². The second-order valence-electron chi connectivity index (χ2n) is 7.66. The summed E-state index contributed by atoms with van der Waals surface area (Å²) in [5.74, 6) is 0.555. The summed E-state index contributed by atoms with van der Waals surface area (Å²) < 4.78 is 10.7. The van der Waals surface area contributed by atoms with Crippen molar-refractivity contribution in [1.29, 1.82) is 0 Å². The average Bonchev–Trinajstić information content (AvgIpc) is 3.11. The average molecular weight is 434 g/mol. The molecule has 3 aromatic rings. The molecule has 152 valence electrons. The second kappa shape index (κ2) is 8.51. The highest BCUT2D eigenvalue weighted by atomic mass is 35.5. The lowest BCUT2D eigenvalue weighted by molar-refractivity contribution is -0.154. The van der Waals surface area contributed by atoms with E-state index in [2.05, 4.69) is 15.1 Å². The Bertz CT molecular complexity index is 1040. The van der Waals surface area contributed by atoms with E-state index in [1.54, 1.807) is 6.07 Å². The number of halogens is 2. The van der Waals surface area contributed by atoms with Gasteiger partial charge in [-0.2, -0.15) is 4.98 Å². The first kappa shape index (κ1) is 21.3. The van der Waals surface area contributed by atoms with Gasteiger partial charge in [-0.05, 0) is 51.3 Å². The first-order chi connectivity index (χ1) is 13.6. The Balaban J connectivity index is 1.73. The Kier molecular flexibility index (Phi) is 6.24. The molecule has 8 heteroatoms. The minimum atomic E-state index is -0.475. The van der Waals surface area contributed by atoms with E-state index in [0.717, 1.165) is 16.7 Å².